The molecule has 1 aliphatic heterocycles. The summed E-state index contributed by atoms with van der Waals surface area (Å²) in [5.41, 5.74) is 0. The number of rotatable bonds is 2. The van der Waals surface area contributed by atoms with Gasteiger partial charge in [-0.3, -0.25) is 10.00 Å². The van der Waals surface area contributed by atoms with Gasteiger partial charge in [0, 0.05) is 18.8 Å². The molecule has 2 amide bonds. The summed E-state index contributed by atoms with van der Waals surface area (Å²) < 4.78 is 42.8. The van der Waals surface area contributed by atoms with E-state index in [1.807, 2.05) is 13.8 Å². The molecule has 1 aliphatic rings. The van der Waals surface area contributed by atoms with Gasteiger partial charge in [0.2, 0.25) is 0 Å². The number of hydrogen-bond acceptors (Lipinski definition) is 3. The second-order valence-corrected chi connectivity index (χ2v) is 4.95. The minimum atomic E-state index is -4.35. The van der Waals surface area contributed by atoms with Crippen molar-refractivity contribution in [2.45, 2.75) is 38.7 Å². The van der Waals surface area contributed by atoms with Crippen molar-refractivity contribution in [3.8, 4) is 0 Å². The third kappa shape index (κ3) is 4.10. The Balaban J connectivity index is 1.96. The van der Waals surface area contributed by atoms with E-state index < -0.39 is 18.8 Å². The lowest BCUT2D eigenvalue weighted by Crippen LogP contribution is -2.52. The highest BCUT2D eigenvalue weighted by Crippen LogP contribution is 2.18. The highest BCUT2D eigenvalue weighted by atomic mass is 19.4. The number of hydrogen-bond donors (Lipinski definition) is 1. The van der Waals surface area contributed by atoms with E-state index in [0.717, 1.165) is 4.68 Å². The molecule has 118 valence electrons. The Morgan fingerprint density at radius 2 is 2.24 bits per heavy atom. The van der Waals surface area contributed by atoms with Crippen molar-refractivity contribution < 1.29 is 22.7 Å². The van der Waals surface area contributed by atoms with Gasteiger partial charge in [-0.15, -0.1) is 0 Å². The van der Waals surface area contributed by atoms with E-state index in [1.54, 1.807) is 4.90 Å². The largest absolute Gasteiger partial charge is 0.408 e. The van der Waals surface area contributed by atoms with Crippen molar-refractivity contribution >= 4 is 11.8 Å². The molecule has 1 aromatic heterocycles. The van der Waals surface area contributed by atoms with Crippen LogP contribution in [0.3, 0.4) is 0 Å². The number of nitrogens with one attached hydrogen (secondary N) is 1. The smallest absolute Gasteiger partial charge is 0.375 e. The van der Waals surface area contributed by atoms with Gasteiger partial charge in [-0.05, 0) is 13.8 Å². The Kier molecular flexibility index (Phi) is 4.40. The Morgan fingerprint density at radius 1 is 1.52 bits per heavy atom. The number of urea groups is 1. The van der Waals surface area contributed by atoms with E-state index in [9.17, 15) is 18.0 Å². The summed E-state index contributed by atoms with van der Waals surface area (Å²) in [6.45, 7) is 3.39. The van der Waals surface area contributed by atoms with Gasteiger partial charge in [0.15, 0.2) is 5.82 Å². The maximum Gasteiger partial charge on any atom is 0.408 e. The third-order valence-electron chi connectivity index (χ3n) is 3.36. The van der Waals surface area contributed by atoms with Crippen molar-refractivity contribution in [3.63, 3.8) is 0 Å². The van der Waals surface area contributed by atoms with Crippen LogP contribution in [0.4, 0.5) is 23.8 Å². The van der Waals surface area contributed by atoms with Gasteiger partial charge in [0.05, 0.1) is 18.8 Å². The molecule has 0 aromatic carbocycles. The molecule has 6 nitrogen and oxygen atoms in total. The second-order valence-electron chi connectivity index (χ2n) is 4.95. The summed E-state index contributed by atoms with van der Waals surface area (Å²) >= 11 is 0. The average molecular weight is 306 g/mol. The fourth-order valence-corrected chi connectivity index (χ4v) is 2.10. The number of halogens is 3. The Labute approximate surface area is 119 Å². The first-order chi connectivity index (χ1) is 9.76. The number of aromatic nitrogens is 2. The lowest BCUT2D eigenvalue weighted by Gasteiger charge is -2.37. The minimum absolute atomic E-state index is 0.0905. The summed E-state index contributed by atoms with van der Waals surface area (Å²) in [5.74, 6) is 0.0931. The van der Waals surface area contributed by atoms with Crippen LogP contribution >= 0.6 is 0 Å². The third-order valence-corrected chi connectivity index (χ3v) is 3.36. The van der Waals surface area contributed by atoms with Crippen LogP contribution in [0.15, 0.2) is 12.3 Å². The quantitative estimate of drug-likeness (QED) is 0.910. The summed E-state index contributed by atoms with van der Waals surface area (Å²) in [4.78, 5) is 13.7. The normalized spacial score (nSPS) is 23.2. The van der Waals surface area contributed by atoms with Crippen LogP contribution in [-0.2, 0) is 11.3 Å². The number of ether oxygens (including phenoxy) is 1. The van der Waals surface area contributed by atoms with Crippen LogP contribution in [0.25, 0.3) is 0 Å². The van der Waals surface area contributed by atoms with Crippen LogP contribution in [0, 0.1) is 0 Å². The van der Waals surface area contributed by atoms with E-state index >= 15 is 0 Å². The average Bonchev–Trinajstić information content (AvgIpc) is 2.77. The topological polar surface area (TPSA) is 59.4 Å². The van der Waals surface area contributed by atoms with Gasteiger partial charge in [0.25, 0.3) is 0 Å². The number of carbonyl (C=O) groups excluding carboxylic acids is 1. The maximum absolute atomic E-state index is 12.2. The standard InChI is InChI=1S/C12H17F3N4O2/c1-8-9(2)21-6-5-19(8)11(20)16-10-3-4-18(17-10)7-12(13,14)15/h3-4,8-9H,5-7H2,1-2H3,(H,16,17,20)/t8-,9-/m1/s1. The van der Waals surface area contributed by atoms with E-state index in [-0.39, 0.29) is 18.0 Å². The molecule has 1 N–H and O–H groups in total. The highest BCUT2D eigenvalue weighted by molar-refractivity contribution is 5.88. The van der Waals surface area contributed by atoms with Crippen molar-refractivity contribution in [2.24, 2.45) is 0 Å². The lowest BCUT2D eigenvalue weighted by molar-refractivity contribution is -0.142. The Bertz CT molecular complexity index is 503. The molecule has 0 unspecified atom stereocenters. The highest BCUT2D eigenvalue weighted by Gasteiger charge is 2.30. The van der Waals surface area contributed by atoms with Crippen LogP contribution < -0.4 is 5.32 Å². The SMILES string of the molecule is C[C@@H]1[C@@H](C)OCCN1C(=O)Nc1ccn(CC(F)(F)F)n1. The predicted octanol–water partition coefficient (Wildman–Crippen LogP) is 2.09. The first kappa shape index (κ1) is 15.6. The van der Waals surface area contributed by atoms with E-state index in [1.165, 1.54) is 12.3 Å². The van der Waals surface area contributed by atoms with Crippen molar-refractivity contribution in [1.82, 2.24) is 14.7 Å². The zero-order valence-corrected chi connectivity index (χ0v) is 11.7. The summed E-state index contributed by atoms with van der Waals surface area (Å²) in [5, 5.41) is 6.18. The molecular weight excluding hydrogens is 289 g/mol. The Morgan fingerprint density at radius 3 is 2.90 bits per heavy atom. The van der Waals surface area contributed by atoms with Crippen LogP contribution in [0.2, 0.25) is 0 Å². The summed E-state index contributed by atoms with van der Waals surface area (Å²) in [6, 6.07) is 0.823. The fraction of sp³-hybridized carbons (Fsp3) is 0.667. The van der Waals surface area contributed by atoms with Gasteiger partial charge >= 0.3 is 12.2 Å². The zero-order chi connectivity index (χ0) is 15.6. The number of amides is 2. The fourth-order valence-electron chi connectivity index (χ4n) is 2.10. The van der Waals surface area contributed by atoms with Crippen molar-refractivity contribution in [3.05, 3.63) is 12.3 Å². The van der Waals surface area contributed by atoms with E-state index in [0.29, 0.717) is 13.2 Å². The second kappa shape index (κ2) is 5.92. The van der Waals surface area contributed by atoms with E-state index in [4.69, 9.17) is 4.74 Å². The van der Waals surface area contributed by atoms with Crippen molar-refractivity contribution in [2.75, 3.05) is 18.5 Å². The van der Waals surface area contributed by atoms with Crippen molar-refractivity contribution in [1.29, 1.82) is 0 Å². The number of morpholine rings is 1. The van der Waals surface area contributed by atoms with Gasteiger partial charge in [-0.2, -0.15) is 18.3 Å². The van der Waals surface area contributed by atoms with Crippen LogP contribution in [0.1, 0.15) is 13.8 Å². The zero-order valence-electron chi connectivity index (χ0n) is 11.7. The molecule has 0 saturated carbocycles. The molecule has 9 heteroatoms. The van der Waals surface area contributed by atoms with E-state index in [2.05, 4.69) is 10.4 Å². The molecule has 0 radical (unpaired) electrons. The number of carbonyl (C=O) groups is 1. The van der Waals surface area contributed by atoms with Crippen LogP contribution in [0.5, 0.6) is 0 Å². The number of nitrogens with zero attached hydrogens (tertiary/aromatic N) is 3. The molecule has 21 heavy (non-hydrogen) atoms. The molecule has 2 heterocycles. The van der Waals surface area contributed by atoms with Crippen LogP contribution in [-0.4, -0.2) is 52.2 Å². The Hall–Kier alpha value is -1.77. The molecule has 2 atom stereocenters. The number of anilines is 1. The lowest BCUT2D eigenvalue weighted by atomic mass is 10.1. The molecule has 0 aliphatic carbocycles. The molecule has 1 saturated heterocycles. The summed E-state index contributed by atoms with van der Waals surface area (Å²) in [6.07, 6.45) is -3.26. The molecule has 2 rings (SSSR count). The molecule has 1 aromatic rings. The summed E-state index contributed by atoms with van der Waals surface area (Å²) in [7, 11) is 0. The first-order valence-electron chi connectivity index (χ1n) is 6.56. The molecule has 1 fully saturated rings. The van der Waals surface area contributed by atoms with Gasteiger partial charge in [0.1, 0.15) is 6.54 Å². The first-order valence-corrected chi connectivity index (χ1v) is 6.56. The molecular formula is C12H17F3N4O2. The van der Waals surface area contributed by atoms with Gasteiger partial charge in [-0.1, -0.05) is 0 Å². The monoisotopic (exact) mass is 306 g/mol. The molecule has 0 spiro atoms. The van der Waals surface area contributed by atoms with Gasteiger partial charge < -0.3 is 9.64 Å². The maximum atomic E-state index is 12.2. The molecule has 0 bridgehead atoms. The minimum Gasteiger partial charge on any atom is -0.375 e. The number of alkyl halides is 3. The van der Waals surface area contributed by atoms with Gasteiger partial charge in [-0.25, -0.2) is 4.79 Å². The predicted molar refractivity (Wildman–Crippen MR) is 68.9 cm³/mol.